The van der Waals surface area contributed by atoms with Crippen LogP contribution < -0.4 is 11.3 Å². The molecule has 5 nitrogen and oxygen atoms in total. The lowest BCUT2D eigenvalue weighted by atomic mass is 10.1. The molecule has 0 aliphatic heterocycles. The summed E-state index contributed by atoms with van der Waals surface area (Å²) in [6.07, 6.45) is 1.30. The maximum atomic E-state index is 11.8. The molecule has 0 radical (unpaired) electrons. The van der Waals surface area contributed by atoms with Crippen LogP contribution in [0.5, 0.6) is 0 Å². The summed E-state index contributed by atoms with van der Waals surface area (Å²) in [7, 11) is 0. The summed E-state index contributed by atoms with van der Waals surface area (Å²) in [5.74, 6) is -1.08. The van der Waals surface area contributed by atoms with Crippen molar-refractivity contribution in [3.05, 3.63) is 64.1 Å². The van der Waals surface area contributed by atoms with Crippen molar-refractivity contribution >= 4 is 5.97 Å². The summed E-state index contributed by atoms with van der Waals surface area (Å²) in [5.41, 5.74) is 6.75. The topological polar surface area (TPSA) is 85.3 Å². The lowest BCUT2D eigenvalue weighted by Gasteiger charge is -2.10. The predicted molar refractivity (Wildman–Crippen MR) is 66.9 cm³/mol. The number of aromatic carboxylic acids is 1. The van der Waals surface area contributed by atoms with Crippen LogP contribution in [0.3, 0.4) is 0 Å². The molecule has 0 aliphatic carbocycles. The molecule has 2 rings (SSSR count). The van der Waals surface area contributed by atoms with Crippen LogP contribution in [-0.2, 0) is 6.54 Å². The number of hydrogen-bond donors (Lipinski definition) is 2. The van der Waals surface area contributed by atoms with E-state index in [-0.39, 0.29) is 17.7 Å². The highest BCUT2D eigenvalue weighted by Crippen LogP contribution is 2.12. The first-order valence-corrected chi connectivity index (χ1v) is 5.38. The van der Waals surface area contributed by atoms with Gasteiger partial charge in [-0.15, -0.1) is 0 Å². The quantitative estimate of drug-likeness (QED) is 0.843. The van der Waals surface area contributed by atoms with Crippen molar-refractivity contribution in [2.24, 2.45) is 5.73 Å². The molecule has 1 aromatic heterocycles. The molecular formula is C13H12N2O3. The van der Waals surface area contributed by atoms with Crippen molar-refractivity contribution < 1.29 is 9.90 Å². The number of hydrogen-bond acceptors (Lipinski definition) is 3. The van der Waals surface area contributed by atoms with Gasteiger partial charge in [0.1, 0.15) is 0 Å². The Morgan fingerprint density at radius 3 is 2.61 bits per heavy atom. The summed E-state index contributed by atoms with van der Waals surface area (Å²) < 4.78 is 1.30. The van der Waals surface area contributed by atoms with Gasteiger partial charge in [-0.2, -0.15) is 0 Å². The first-order valence-electron chi connectivity index (χ1n) is 5.38. The molecule has 0 saturated carbocycles. The van der Waals surface area contributed by atoms with E-state index in [1.165, 1.54) is 22.9 Å². The predicted octanol–water partition coefficient (Wildman–Crippen LogP) is 0.994. The molecule has 3 N–H and O–H groups in total. The fourth-order valence-corrected chi connectivity index (χ4v) is 1.72. The van der Waals surface area contributed by atoms with E-state index < -0.39 is 5.97 Å². The largest absolute Gasteiger partial charge is 0.478 e. The normalized spacial score (nSPS) is 10.3. The zero-order valence-corrected chi connectivity index (χ0v) is 9.54. The van der Waals surface area contributed by atoms with Crippen LogP contribution in [0.4, 0.5) is 0 Å². The van der Waals surface area contributed by atoms with Gasteiger partial charge in [-0.25, -0.2) is 4.79 Å². The Morgan fingerprint density at radius 1 is 1.22 bits per heavy atom. The molecule has 18 heavy (non-hydrogen) atoms. The Balaban J connectivity index is 2.66. The molecule has 0 saturated heterocycles. The molecule has 0 aliphatic rings. The number of benzene rings is 1. The summed E-state index contributed by atoms with van der Waals surface area (Å²) in [4.78, 5) is 22.7. The van der Waals surface area contributed by atoms with Gasteiger partial charge in [0.2, 0.25) is 0 Å². The third kappa shape index (κ3) is 2.16. The van der Waals surface area contributed by atoms with Crippen molar-refractivity contribution in [2.75, 3.05) is 0 Å². The molecule has 0 atom stereocenters. The molecule has 0 spiro atoms. The minimum atomic E-state index is -1.08. The number of carboxylic acid groups (broad SMARTS) is 1. The third-order valence-electron chi connectivity index (χ3n) is 2.63. The van der Waals surface area contributed by atoms with E-state index in [0.717, 1.165) is 5.56 Å². The Kier molecular flexibility index (Phi) is 3.25. The van der Waals surface area contributed by atoms with Crippen LogP contribution in [0.25, 0.3) is 5.69 Å². The van der Waals surface area contributed by atoms with Gasteiger partial charge < -0.3 is 10.8 Å². The fraction of sp³-hybridized carbons (Fsp3) is 0.0769. The average molecular weight is 244 g/mol. The third-order valence-corrected chi connectivity index (χ3v) is 2.63. The molecule has 92 valence electrons. The van der Waals surface area contributed by atoms with E-state index in [4.69, 9.17) is 10.8 Å². The molecule has 1 aromatic carbocycles. The van der Waals surface area contributed by atoms with E-state index >= 15 is 0 Å². The summed E-state index contributed by atoms with van der Waals surface area (Å²) >= 11 is 0. The number of pyridine rings is 1. The van der Waals surface area contributed by atoms with Gasteiger partial charge in [-0.05, 0) is 17.7 Å². The highest BCUT2D eigenvalue weighted by atomic mass is 16.4. The molecule has 5 heteroatoms. The second-order valence-electron chi connectivity index (χ2n) is 3.76. The number of para-hydroxylation sites is 1. The number of aromatic nitrogens is 1. The van der Waals surface area contributed by atoms with Gasteiger partial charge in [-0.3, -0.25) is 9.36 Å². The monoisotopic (exact) mass is 244 g/mol. The highest BCUT2D eigenvalue weighted by molar-refractivity contribution is 5.87. The number of nitrogens with two attached hydrogens (primary N) is 1. The van der Waals surface area contributed by atoms with Crippen LogP contribution in [0.1, 0.15) is 15.9 Å². The number of carboxylic acids is 1. The standard InChI is InChI=1S/C13H12N2O3/c14-7-9-3-1-2-4-11(9)15-8-10(13(17)18)5-6-12(15)16/h1-6,8H,7,14H2,(H,17,18). The molecule has 1 heterocycles. The molecule has 0 unspecified atom stereocenters. The number of rotatable bonds is 3. The minimum Gasteiger partial charge on any atom is -0.478 e. The van der Waals surface area contributed by atoms with Crippen molar-refractivity contribution in [3.8, 4) is 5.69 Å². The van der Waals surface area contributed by atoms with Crippen molar-refractivity contribution in [1.29, 1.82) is 0 Å². The Bertz CT molecular complexity index is 647. The van der Waals surface area contributed by atoms with Crippen molar-refractivity contribution in [1.82, 2.24) is 4.57 Å². The zero-order valence-electron chi connectivity index (χ0n) is 9.54. The van der Waals surface area contributed by atoms with Gasteiger partial charge in [0, 0.05) is 18.8 Å². The maximum absolute atomic E-state index is 11.8. The maximum Gasteiger partial charge on any atom is 0.337 e. The first kappa shape index (κ1) is 12.1. The van der Waals surface area contributed by atoms with Gasteiger partial charge in [0.25, 0.3) is 5.56 Å². The van der Waals surface area contributed by atoms with Crippen LogP contribution in [0, 0.1) is 0 Å². The lowest BCUT2D eigenvalue weighted by molar-refractivity contribution is 0.0696. The van der Waals surface area contributed by atoms with E-state index in [1.807, 2.05) is 6.07 Å². The molecular weight excluding hydrogens is 232 g/mol. The van der Waals surface area contributed by atoms with Crippen LogP contribution >= 0.6 is 0 Å². The molecule has 0 bridgehead atoms. The van der Waals surface area contributed by atoms with Crippen LogP contribution in [-0.4, -0.2) is 15.6 Å². The summed E-state index contributed by atoms with van der Waals surface area (Å²) in [6.45, 7) is 0.278. The van der Waals surface area contributed by atoms with E-state index in [2.05, 4.69) is 0 Å². The molecule has 0 fully saturated rings. The van der Waals surface area contributed by atoms with Gasteiger partial charge in [-0.1, -0.05) is 18.2 Å². The summed E-state index contributed by atoms with van der Waals surface area (Å²) in [6, 6.07) is 9.64. The number of nitrogens with zero attached hydrogens (tertiary/aromatic N) is 1. The Morgan fingerprint density at radius 2 is 1.94 bits per heavy atom. The van der Waals surface area contributed by atoms with Gasteiger partial charge in [0.15, 0.2) is 0 Å². The zero-order chi connectivity index (χ0) is 13.1. The Labute approximate surface area is 103 Å². The molecule has 0 amide bonds. The van der Waals surface area contributed by atoms with Crippen molar-refractivity contribution in [2.45, 2.75) is 6.54 Å². The lowest BCUT2D eigenvalue weighted by Crippen LogP contribution is -2.20. The second kappa shape index (κ2) is 4.85. The number of carbonyl (C=O) groups is 1. The minimum absolute atomic E-state index is 0.0569. The van der Waals surface area contributed by atoms with E-state index in [0.29, 0.717) is 5.69 Å². The fourth-order valence-electron chi connectivity index (χ4n) is 1.72. The Hall–Kier alpha value is -2.40. The van der Waals surface area contributed by atoms with Gasteiger partial charge >= 0.3 is 5.97 Å². The van der Waals surface area contributed by atoms with Gasteiger partial charge in [0.05, 0.1) is 11.3 Å². The van der Waals surface area contributed by atoms with Crippen LogP contribution in [0.15, 0.2) is 47.4 Å². The van der Waals surface area contributed by atoms with E-state index in [1.54, 1.807) is 18.2 Å². The average Bonchev–Trinajstić information content (AvgIpc) is 2.39. The highest BCUT2D eigenvalue weighted by Gasteiger charge is 2.08. The van der Waals surface area contributed by atoms with Crippen LogP contribution in [0.2, 0.25) is 0 Å². The van der Waals surface area contributed by atoms with E-state index in [9.17, 15) is 9.59 Å². The second-order valence-corrected chi connectivity index (χ2v) is 3.76. The van der Waals surface area contributed by atoms with Crippen molar-refractivity contribution in [3.63, 3.8) is 0 Å². The molecule has 2 aromatic rings. The first-order chi connectivity index (χ1) is 8.63. The summed E-state index contributed by atoms with van der Waals surface area (Å²) in [5, 5.41) is 8.93. The smallest absolute Gasteiger partial charge is 0.337 e. The SMILES string of the molecule is NCc1ccccc1-n1cc(C(=O)O)ccc1=O.